The highest BCUT2D eigenvalue weighted by molar-refractivity contribution is 7.17. The Labute approximate surface area is 67.8 Å². The molecule has 11 heavy (non-hydrogen) atoms. The lowest BCUT2D eigenvalue weighted by Gasteiger charge is -1.98. The highest BCUT2D eigenvalue weighted by Gasteiger charge is 1.99. The minimum absolute atomic E-state index is 0.935. The molecule has 0 spiro atoms. The molecule has 4 heteroatoms. The van der Waals surface area contributed by atoms with Gasteiger partial charge in [0.05, 0.1) is 21.4 Å². The summed E-state index contributed by atoms with van der Waals surface area (Å²) in [5.41, 5.74) is 6.36. The van der Waals surface area contributed by atoms with Crippen molar-refractivity contribution in [3.05, 3.63) is 23.7 Å². The minimum atomic E-state index is 0.935. The van der Waals surface area contributed by atoms with Crippen molar-refractivity contribution in [3.8, 4) is 0 Å². The molecule has 0 aliphatic heterocycles. The van der Waals surface area contributed by atoms with E-state index in [1.54, 1.807) is 11.3 Å². The van der Waals surface area contributed by atoms with Crippen LogP contribution in [0.4, 0.5) is 5.69 Å². The van der Waals surface area contributed by atoms with Gasteiger partial charge in [0.25, 0.3) is 0 Å². The SMILES string of the molecule is NNc1cccc2ncsc12. The minimum Gasteiger partial charge on any atom is -0.323 e. The molecule has 0 saturated heterocycles. The van der Waals surface area contributed by atoms with E-state index in [0.717, 1.165) is 15.9 Å². The van der Waals surface area contributed by atoms with Crippen molar-refractivity contribution in [1.82, 2.24) is 4.98 Å². The highest BCUT2D eigenvalue weighted by Crippen LogP contribution is 2.25. The monoisotopic (exact) mass is 165 g/mol. The zero-order valence-electron chi connectivity index (χ0n) is 5.74. The summed E-state index contributed by atoms with van der Waals surface area (Å²) in [5.74, 6) is 5.30. The Morgan fingerprint density at radius 1 is 1.45 bits per heavy atom. The molecule has 0 fully saturated rings. The first-order valence-electron chi connectivity index (χ1n) is 3.20. The maximum Gasteiger partial charge on any atom is 0.0833 e. The van der Waals surface area contributed by atoms with Crippen molar-refractivity contribution in [2.45, 2.75) is 0 Å². The van der Waals surface area contributed by atoms with Crippen molar-refractivity contribution in [2.75, 3.05) is 5.43 Å². The fourth-order valence-electron chi connectivity index (χ4n) is 1.000. The maximum atomic E-state index is 5.30. The van der Waals surface area contributed by atoms with Crippen LogP contribution in [0.15, 0.2) is 23.7 Å². The zero-order valence-corrected chi connectivity index (χ0v) is 6.56. The second kappa shape index (κ2) is 2.48. The Balaban J connectivity index is 2.79. The van der Waals surface area contributed by atoms with Gasteiger partial charge < -0.3 is 5.43 Å². The van der Waals surface area contributed by atoms with E-state index in [-0.39, 0.29) is 0 Å². The van der Waals surface area contributed by atoms with Gasteiger partial charge in [-0.15, -0.1) is 11.3 Å². The number of benzene rings is 1. The topological polar surface area (TPSA) is 50.9 Å². The van der Waals surface area contributed by atoms with Crippen LogP contribution in [0.1, 0.15) is 0 Å². The number of hydrogen-bond acceptors (Lipinski definition) is 4. The van der Waals surface area contributed by atoms with Crippen LogP contribution in [-0.4, -0.2) is 4.98 Å². The third kappa shape index (κ3) is 0.961. The standard InChI is InChI=1S/C7H7N3S/c8-10-6-3-1-2-5-7(6)11-4-9-5/h1-4,10H,8H2. The van der Waals surface area contributed by atoms with Gasteiger partial charge in [0, 0.05) is 0 Å². The number of hydrogen-bond donors (Lipinski definition) is 2. The molecule has 0 bridgehead atoms. The number of hydrazine groups is 1. The van der Waals surface area contributed by atoms with Gasteiger partial charge in [-0.2, -0.15) is 0 Å². The summed E-state index contributed by atoms with van der Waals surface area (Å²) in [6.07, 6.45) is 0. The van der Waals surface area contributed by atoms with E-state index < -0.39 is 0 Å². The van der Waals surface area contributed by atoms with E-state index in [0.29, 0.717) is 0 Å². The summed E-state index contributed by atoms with van der Waals surface area (Å²) in [6.45, 7) is 0. The molecule has 1 heterocycles. The normalized spacial score (nSPS) is 10.3. The first-order valence-corrected chi connectivity index (χ1v) is 4.08. The van der Waals surface area contributed by atoms with Gasteiger partial charge in [-0.1, -0.05) is 6.07 Å². The molecular weight excluding hydrogens is 158 g/mol. The van der Waals surface area contributed by atoms with E-state index in [1.165, 1.54) is 0 Å². The molecule has 0 amide bonds. The second-order valence-electron chi connectivity index (χ2n) is 2.15. The number of thiazole rings is 1. The van der Waals surface area contributed by atoms with Crippen LogP contribution in [0, 0.1) is 0 Å². The number of nitrogen functional groups attached to an aromatic ring is 1. The molecule has 56 valence electrons. The smallest absolute Gasteiger partial charge is 0.0833 e. The fourth-order valence-corrected chi connectivity index (χ4v) is 1.77. The van der Waals surface area contributed by atoms with Crippen molar-refractivity contribution in [3.63, 3.8) is 0 Å². The van der Waals surface area contributed by atoms with E-state index >= 15 is 0 Å². The van der Waals surface area contributed by atoms with Gasteiger partial charge in [-0.05, 0) is 12.1 Å². The Hall–Kier alpha value is -1.13. The largest absolute Gasteiger partial charge is 0.323 e. The molecular formula is C7H7N3S. The molecule has 3 nitrogen and oxygen atoms in total. The molecule has 0 aliphatic carbocycles. The lowest BCUT2D eigenvalue weighted by molar-refractivity contribution is 1.37. The average molecular weight is 165 g/mol. The first-order chi connectivity index (χ1) is 5.42. The van der Waals surface area contributed by atoms with Crippen molar-refractivity contribution < 1.29 is 0 Å². The number of anilines is 1. The van der Waals surface area contributed by atoms with Crippen LogP contribution in [0.2, 0.25) is 0 Å². The molecule has 0 aliphatic rings. The first kappa shape index (κ1) is 6.57. The molecule has 2 rings (SSSR count). The summed E-state index contributed by atoms with van der Waals surface area (Å²) >= 11 is 1.58. The third-order valence-corrected chi connectivity index (χ3v) is 2.39. The molecule has 0 unspecified atom stereocenters. The van der Waals surface area contributed by atoms with Crippen LogP contribution in [-0.2, 0) is 0 Å². The summed E-state index contributed by atoms with van der Waals surface area (Å²) < 4.78 is 1.11. The molecule has 0 atom stereocenters. The number of nitrogens with two attached hydrogens (primary N) is 1. The Kier molecular flexibility index (Phi) is 1.48. The third-order valence-electron chi connectivity index (χ3n) is 1.51. The summed E-state index contributed by atoms with van der Waals surface area (Å²) in [4.78, 5) is 4.15. The lowest BCUT2D eigenvalue weighted by atomic mass is 10.3. The van der Waals surface area contributed by atoms with Gasteiger partial charge in [0.1, 0.15) is 0 Å². The number of rotatable bonds is 1. The predicted octanol–water partition coefficient (Wildman–Crippen LogP) is 1.58. The van der Waals surface area contributed by atoms with Crippen molar-refractivity contribution in [2.24, 2.45) is 5.84 Å². The van der Waals surface area contributed by atoms with Crippen LogP contribution in [0.25, 0.3) is 10.2 Å². The number of aromatic nitrogens is 1. The Morgan fingerprint density at radius 2 is 2.36 bits per heavy atom. The predicted molar refractivity (Wildman–Crippen MR) is 47.4 cm³/mol. The van der Waals surface area contributed by atoms with E-state index in [2.05, 4.69) is 10.4 Å². The van der Waals surface area contributed by atoms with Gasteiger partial charge >= 0.3 is 0 Å². The van der Waals surface area contributed by atoms with Gasteiger partial charge in [-0.3, -0.25) is 5.84 Å². The van der Waals surface area contributed by atoms with Crippen LogP contribution in [0.5, 0.6) is 0 Å². The number of nitrogens with one attached hydrogen (secondary N) is 1. The zero-order chi connectivity index (χ0) is 7.68. The van der Waals surface area contributed by atoms with Crippen LogP contribution < -0.4 is 11.3 Å². The fraction of sp³-hybridized carbons (Fsp3) is 0. The van der Waals surface area contributed by atoms with Crippen molar-refractivity contribution >= 4 is 27.2 Å². The second-order valence-corrected chi connectivity index (χ2v) is 3.01. The van der Waals surface area contributed by atoms with Gasteiger partial charge in [0.15, 0.2) is 0 Å². The molecule has 0 radical (unpaired) electrons. The summed E-state index contributed by atoms with van der Waals surface area (Å²) in [7, 11) is 0. The summed E-state index contributed by atoms with van der Waals surface area (Å²) in [6, 6.07) is 5.82. The molecule has 1 aromatic carbocycles. The average Bonchev–Trinajstić information content (AvgIpc) is 2.50. The highest BCUT2D eigenvalue weighted by atomic mass is 32.1. The van der Waals surface area contributed by atoms with Crippen LogP contribution in [0.3, 0.4) is 0 Å². The Morgan fingerprint density at radius 3 is 3.18 bits per heavy atom. The Bertz CT molecular complexity index is 368. The van der Waals surface area contributed by atoms with Crippen molar-refractivity contribution in [1.29, 1.82) is 0 Å². The van der Waals surface area contributed by atoms with E-state index in [9.17, 15) is 0 Å². The molecule has 0 saturated carbocycles. The summed E-state index contributed by atoms with van der Waals surface area (Å²) in [5, 5.41) is 0. The molecule has 1 aromatic heterocycles. The molecule has 3 N–H and O–H groups in total. The van der Waals surface area contributed by atoms with E-state index in [4.69, 9.17) is 5.84 Å². The quantitative estimate of drug-likeness (QED) is 0.498. The number of nitrogens with zero attached hydrogens (tertiary/aromatic N) is 1. The molecule has 2 aromatic rings. The number of fused-ring (bicyclic) bond motifs is 1. The van der Waals surface area contributed by atoms with Crippen LogP contribution >= 0.6 is 11.3 Å². The lowest BCUT2D eigenvalue weighted by Crippen LogP contribution is -2.06. The van der Waals surface area contributed by atoms with Gasteiger partial charge in [-0.25, -0.2) is 4.98 Å². The van der Waals surface area contributed by atoms with Gasteiger partial charge in [0.2, 0.25) is 0 Å². The maximum absolute atomic E-state index is 5.30. The van der Waals surface area contributed by atoms with E-state index in [1.807, 2.05) is 23.7 Å².